The van der Waals surface area contributed by atoms with E-state index in [1.54, 1.807) is 18.2 Å². The van der Waals surface area contributed by atoms with Crippen LogP contribution in [0.3, 0.4) is 0 Å². The van der Waals surface area contributed by atoms with Crippen LogP contribution in [0.15, 0.2) is 24.3 Å². The Balaban J connectivity index is 1.98. The first kappa shape index (κ1) is 12.3. The molecule has 17 heavy (non-hydrogen) atoms. The number of hydrogen-bond donors (Lipinski definition) is 1. The van der Waals surface area contributed by atoms with Crippen LogP contribution >= 0.6 is 0 Å². The molecule has 1 aromatic carbocycles. The average Bonchev–Trinajstić information content (AvgIpc) is 2.22. The Labute approximate surface area is 100.0 Å². The summed E-state index contributed by atoms with van der Waals surface area (Å²) in [6.45, 7) is -0.722. The lowest BCUT2D eigenvalue weighted by Gasteiger charge is -2.30. The van der Waals surface area contributed by atoms with E-state index in [1.165, 1.54) is 19.3 Å². The van der Waals surface area contributed by atoms with Crippen LogP contribution in [0.1, 0.15) is 37.8 Å². The predicted molar refractivity (Wildman–Crippen MR) is 62.3 cm³/mol. The van der Waals surface area contributed by atoms with Crippen molar-refractivity contribution in [2.45, 2.75) is 44.9 Å². The minimum atomic E-state index is -2.76. The Bertz CT molecular complexity index is 366. The summed E-state index contributed by atoms with van der Waals surface area (Å²) in [7, 11) is 0. The third-order valence-electron chi connectivity index (χ3n) is 3.17. The normalized spacial score (nSPS) is 17.9. The molecule has 0 bridgehead atoms. The number of hydrogen-bond acceptors (Lipinski definition) is 2. The molecular weight excluding hydrogens is 224 g/mol. The monoisotopic (exact) mass is 241 g/mol. The van der Waals surface area contributed by atoms with E-state index in [4.69, 9.17) is 0 Å². The van der Waals surface area contributed by atoms with Gasteiger partial charge in [0.05, 0.1) is 0 Å². The number of benzene rings is 1. The first-order valence-corrected chi connectivity index (χ1v) is 5.96. The summed E-state index contributed by atoms with van der Waals surface area (Å²) in [6.07, 6.45) is 3.69. The van der Waals surface area contributed by atoms with Gasteiger partial charge in [-0.2, -0.15) is 8.78 Å². The quantitative estimate of drug-likeness (QED) is 0.852. The van der Waals surface area contributed by atoms with Gasteiger partial charge in [0.1, 0.15) is 5.75 Å². The number of rotatable bonds is 5. The van der Waals surface area contributed by atoms with Crippen molar-refractivity contribution in [1.82, 2.24) is 5.32 Å². The van der Waals surface area contributed by atoms with Gasteiger partial charge >= 0.3 is 6.61 Å². The van der Waals surface area contributed by atoms with Crippen molar-refractivity contribution < 1.29 is 13.5 Å². The molecule has 1 saturated carbocycles. The summed E-state index contributed by atoms with van der Waals surface area (Å²) in [6, 6.07) is 7.63. The van der Waals surface area contributed by atoms with E-state index in [0.717, 1.165) is 5.56 Å². The topological polar surface area (TPSA) is 21.3 Å². The fourth-order valence-corrected chi connectivity index (χ4v) is 1.98. The first-order chi connectivity index (χ1) is 8.15. The van der Waals surface area contributed by atoms with Crippen molar-refractivity contribution in [3.63, 3.8) is 0 Å². The van der Waals surface area contributed by atoms with Crippen LogP contribution in [0.5, 0.6) is 5.75 Å². The zero-order chi connectivity index (χ0) is 12.3. The zero-order valence-corrected chi connectivity index (χ0v) is 9.83. The number of ether oxygens (including phenoxy) is 1. The van der Waals surface area contributed by atoms with Crippen molar-refractivity contribution in [3.8, 4) is 5.75 Å². The van der Waals surface area contributed by atoms with Gasteiger partial charge in [-0.25, -0.2) is 0 Å². The Morgan fingerprint density at radius 1 is 1.35 bits per heavy atom. The molecule has 1 aliphatic carbocycles. The molecule has 94 valence electrons. The van der Waals surface area contributed by atoms with E-state index < -0.39 is 6.61 Å². The molecular formula is C13H17F2NO. The number of halogens is 2. The van der Waals surface area contributed by atoms with Gasteiger partial charge in [0.2, 0.25) is 0 Å². The second kappa shape index (κ2) is 5.45. The number of alkyl halides is 2. The van der Waals surface area contributed by atoms with Crippen LogP contribution in [-0.4, -0.2) is 12.7 Å². The Morgan fingerprint density at radius 3 is 2.71 bits per heavy atom. The third-order valence-corrected chi connectivity index (χ3v) is 3.17. The van der Waals surface area contributed by atoms with E-state index in [9.17, 15) is 8.78 Å². The van der Waals surface area contributed by atoms with Crippen molar-refractivity contribution in [2.24, 2.45) is 0 Å². The lowest BCUT2D eigenvalue weighted by molar-refractivity contribution is -0.0499. The van der Waals surface area contributed by atoms with Crippen molar-refractivity contribution in [3.05, 3.63) is 29.8 Å². The molecule has 4 heteroatoms. The van der Waals surface area contributed by atoms with Crippen molar-refractivity contribution in [1.29, 1.82) is 0 Å². The highest BCUT2D eigenvalue weighted by atomic mass is 19.3. The molecule has 1 aliphatic rings. The largest absolute Gasteiger partial charge is 0.435 e. The summed E-state index contributed by atoms with van der Waals surface area (Å²) in [4.78, 5) is 0. The van der Waals surface area contributed by atoms with Gasteiger partial charge in [-0.05, 0) is 37.5 Å². The highest BCUT2D eigenvalue weighted by Gasteiger charge is 2.19. The minimum absolute atomic E-state index is 0.168. The van der Waals surface area contributed by atoms with Crippen molar-refractivity contribution in [2.75, 3.05) is 0 Å². The summed E-state index contributed by atoms with van der Waals surface area (Å²) in [5.41, 5.74) is 0.982. The molecule has 0 spiro atoms. The highest BCUT2D eigenvalue weighted by Crippen LogP contribution is 2.25. The third kappa shape index (κ3) is 3.40. The second-order valence-corrected chi connectivity index (χ2v) is 4.47. The summed E-state index contributed by atoms with van der Waals surface area (Å²) >= 11 is 0. The van der Waals surface area contributed by atoms with Crippen LogP contribution in [0.2, 0.25) is 0 Å². The molecule has 2 nitrogen and oxygen atoms in total. The standard InChI is InChI=1S/C13H17F2NO/c1-9(16-11-5-3-6-11)10-4-2-7-12(8-10)17-13(14)15/h2,4,7-9,11,13,16H,3,5-6H2,1H3. The van der Waals surface area contributed by atoms with E-state index >= 15 is 0 Å². The van der Waals surface area contributed by atoms with Crippen LogP contribution in [0.25, 0.3) is 0 Å². The summed E-state index contributed by atoms with van der Waals surface area (Å²) in [5.74, 6) is 0.222. The molecule has 0 amide bonds. The van der Waals surface area contributed by atoms with Crippen LogP contribution in [-0.2, 0) is 0 Å². The van der Waals surface area contributed by atoms with Crippen LogP contribution < -0.4 is 10.1 Å². The molecule has 2 rings (SSSR count). The van der Waals surface area contributed by atoms with Gasteiger partial charge in [-0.1, -0.05) is 18.6 Å². The minimum Gasteiger partial charge on any atom is -0.435 e. The van der Waals surface area contributed by atoms with Gasteiger partial charge in [0, 0.05) is 12.1 Å². The van der Waals surface area contributed by atoms with E-state index in [-0.39, 0.29) is 11.8 Å². The van der Waals surface area contributed by atoms with Crippen molar-refractivity contribution >= 4 is 0 Å². The SMILES string of the molecule is CC(NC1CCC1)c1cccc(OC(F)F)c1. The molecule has 1 unspecified atom stereocenters. The zero-order valence-electron chi connectivity index (χ0n) is 9.83. The Kier molecular flexibility index (Phi) is 3.94. The Hall–Kier alpha value is -1.16. The van der Waals surface area contributed by atoms with E-state index in [0.29, 0.717) is 6.04 Å². The molecule has 1 N–H and O–H groups in total. The molecule has 0 saturated heterocycles. The first-order valence-electron chi connectivity index (χ1n) is 5.96. The summed E-state index contributed by atoms with van der Waals surface area (Å²) < 4.78 is 28.6. The number of nitrogens with one attached hydrogen (secondary N) is 1. The predicted octanol–water partition coefficient (Wildman–Crippen LogP) is 3.49. The lowest BCUT2D eigenvalue weighted by Crippen LogP contribution is -2.36. The van der Waals surface area contributed by atoms with Gasteiger partial charge in [-0.15, -0.1) is 0 Å². The van der Waals surface area contributed by atoms with E-state index in [2.05, 4.69) is 10.1 Å². The maximum atomic E-state index is 12.1. The molecule has 1 atom stereocenters. The molecule has 1 fully saturated rings. The molecule has 0 aliphatic heterocycles. The highest BCUT2D eigenvalue weighted by molar-refractivity contribution is 5.30. The summed E-state index contributed by atoms with van der Waals surface area (Å²) in [5, 5.41) is 3.47. The fraction of sp³-hybridized carbons (Fsp3) is 0.538. The lowest BCUT2D eigenvalue weighted by atomic mass is 9.92. The fourth-order valence-electron chi connectivity index (χ4n) is 1.98. The van der Waals surface area contributed by atoms with Gasteiger partial charge in [0.15, 0.2) is 0 Å². The maximum Gasteiger partial charge on any atom is 0.387 e. The van der Waals surface area contributed by atoms with Crippen LogP contribution in [0.4, 0.5) is 8.78 Å². The molecule has 0 radical (unpaired) electrons. The van der Waals surface area contributed by atoms with Gasteiger partial charge < -0.3 is 10.1 Å². The molecule has 1 aromatic rings. The average molecular weight is 241 g/mol. The molecule has 0 heterocycles. The Morgan fingerprint density at radius 2 is 2.12 bits per heavy atom. The van der Waals surface area contributed by atoms with Crippen LogP contribution in [0, 0.1) is 0 Å². The maximum absolute atomic E-state index is 12.1. The smallest absolute Gasteiger partial charge is 0.387 e. The van der Waals surface area contributed by atoms with Gasteiger partial charge in [-0.3, -0.25) is 0 Å². The van der Waals surface area contributed by atoms with Gasteiger partial charge in [0.25, 0.3) is 0 Å². The second-order valence-electron chi connectivity index (χ2n) is 4.47. The molecule has 0 aromatic heterocycles. The van der Waals surface area contributed by atoms with E-state index in [1.807, 2.05) is 13.0 Å².